The van der Waals surface area contributed by atoms with Gasteiger partial charge in [0.15, 0.2) is 0 Å². The van der Waals surface area contributed by atoms with Crippen molar-refractivity contribution in [3.63, 3.8) is 0 Å². The highest BCUT2D eigenvalue weighted by Crippen LogP contribution is 2.33. The van der Waals surface area contributed by atoms with E-state index in [1.807, 2.05) is 42.5 Å². The molecule has 0 unspecified atom stereocenters. The molecule has 0 aliphatic heterocycles. The molecule has 0 atom stereocenters. The summed E-state index contributed by atoms with van der Waals surface area (Å²) in [5.74, 6) is 1.12. The Morgan fingerprint density at radius 2 is 1.55 bits per heavy atom. The van der Waals surface area contributed by atoms with Gasteiger partial charge >= 0.3 is 0 Å². The van der Waals surface area contributed by atoms with Gasteiger partial charge in [-0.25, -0.2) is 0 Å². The average molecular weight is 386 g/mol. The van der Waals surface area contributed by atoms with E-state index in [4.69, 9.17) is 9.15 Å². The van der Waals surface area contributed by atoms with E-state index in [-0.39, 0.29) is 22.3 Å². The second-order valence-electron chi connectivity index (χ2n) is 7.61. The molecule has 0 spiro atoms. The maximum atomic E-state index is 12.8. The zero-order chi connectivity index (χ0) is 20.6. The van der Waals surface area contributed by atoms with Gasteiger partial charge in [-0.1, -0.05) is 56.3 Å². The zero-order valence-corrected chi connectivity index (χ0v) is 16.6. The van der Waals surface area contributed by atoms with Gasteiger partial charge in [-0.2, -0.15) is 0 Å². The van der Waals surface area contributed by atoms with Crippen LogP contribution in [0.4, 0.5) is 0 Å². The number of hydrogen-bond donors (Lipinski definition) is 1. The smallest absolute Gasteiger partial charge is 0.235 e. The standard InChI is InChI=1S/C25H22O4/c1-16-24(23(27)21-14-11-19(26)15-22(21)28-16)29-20-12-9-18(10-13-20)25(2,3)17-7-5-4-6-8-17/h4-15,26H,1-3H3. The molecule has 4 aromatic rings. The summed E-state index contributed by atoms with van der Waals surface area (Å²) in [6.07, 6.45) is 0. The Hall–Kier alpha value is -3.53. The van der Waals surface area contributed by atoms with Gasteiger partial charge in [0, 0.05) is 11.5 Å². The summed E-state index contributed by atoms with van der Waals surface area (Å²) in [5.41, 5.74) is 2.29. The van der Waals surface area contributed by atoms with Crippen LogP contribution in [0.15, 0.2) is 82.0 Å². The van der Waals surface area contributed by atoms with E-state index in [0.29, 0.717) is 22.5 Å². The molecule has 0 radical (unpaired) electrons. The molecule has 4 heteroatoms. The van der Waals surface area contributed by atoms with Crippen LogP contribution < -0.4 is 10.2 Å². The number of phenols is 1. The molecule has 4 rings (SSSR count). The Bertz CT molecular complexity index is 1220. The van der Waals surface area contributed by atoms with Gasteiger partial charge in [-0.05, 0) is 42.3 Å². The first kappa shape index (κ1) is 18.8. The van der Waals surface area contributed by atoms with Crippen molar-refractivity contribution >= 4 is 11.0 Å². The van der Waals surface area contributed by atoms with E-state index < -0.39 is 0 Å². The fraction of sp³-hybridized carbons (Fsp3) is 0.160. The third-order valence-electron chi connectivity index (χ3n) is 5.29. The van der Waals surface area contributed by atoms with E-state index in [1.54, 1.807) is 6.92 Å². The zero-order valence-electron chi connectivity index (χ0n) is 16.6. The highest BCUT2D eigenvalue weighted by Gasteiger charge is 2.23. The summed E-state index contributed by atoms with van der Waals surface area (Å²) in [6, 6.07) is 22.5. The highest BCUT2D eigenvalue weighted by molar-refractivity contribution is 5.79. The second kappa shape index (κ2) is 7.13. The van der Waals surface area contributed by atoms with E-state index in [1.165, 1.54) is 23.8 Å². The Balaban J connectivity index is 1.66. The second-order valence-corrected chi connectivity index (χ2v) is 7.61. The number of fused-ring (bicyclic) bond motifs is 1. The molecule has 0 aliphatic carbocycles. The first-order valence-electron chi connectivity index (χ1n) is 9.46. The molecule has 1 heterocycles. The molecule has 3 aromatic carbocycles. The van der Waals surface area contributed by atoms with Crippen molar-refractivity contribution < 1.29 is 14.3 Å². The molecule has 146 valence electrons. The lowest BCUT2D eigenvalue weighted by atomic mass is 9.78. The number of aryl methyl sites for hydroxylation is 1. The van der Waals surface area contributed by atoms with Crippen molar-refractivity contribution in [3.8, 4) is 17.2 Å². The molecule has 29 heavy (non-hydrogen) atoms. The molecule has 1 aromatic heterocycles. The average Bonchev–Trinajstić information content (AvgIpc) is 2.72. The summed E-state index contributed by atoms with van der Waals surface area (Å²) in [7, 11) is 0. The molecule has 0 saturated carbocycles. The van der Waals surface area contributed by atoms with E-state index in [0.717, 1.165) is 5.56 Å². The minimum atomic E-state index is -0.266. The Labute approximate surface area is 169 Å². The quantitative estimate of drug-likeness (QED) is 0.472. The lowest BCUT2D eigenvalue weighted by Gasteiger charge is -2.26. The van der Waals surface area contributed by atoms with E-state index in [9.17, 15) is 9.90 Å². The first-order valence-corrected chi connectivity index (χ1v) is 9.46. The van der Waals surface area contributed by atoms with Gasteiger partial charge in [-0.15, -0.1) is 0 Å². The number of phenolic OH excluding ortho intramolecular Hbond substituents is 1. The molecule has 0 amide bonds. The number of aromatic hydroxyl groups is 1. The molecular weight excluding hydrogens is 364 g/mol. The van der Waals surface area contributed by atoms with Crippen LogP contribution in [0, 0.1) is 6.92 Å². The van der Waals surface area contributed by atoms with Crippen molar-refractivity contribution in [1.82, 2.24) is 0 Å². The Morgan fingerprint density at radius 1 is 0.897 bits per heavy atom. The van der Waals surface area contributed by atoms with Gasteiger partial charge in [0.25, 0.3) is 0 Å². The topological polar surface area (TPSA) is 59.7 Å². The van der Waals surface area contributed by atoms with Gasteiger partial charge in [0.05, 0.1) is 5.39 Å². The first-order chi connectivity index (χ1) is 13.9. The van der Waals surface area contributed by atoms with Crippen LogP contribution in [0.3, 0.4) is 0 Å². The van der Waals surface area contributed by atoms with E-state index in [2.05, 4.69) is 26.0 Å². The third-order valence-corrected chi connectivity index (χ3v) is 5.29. The SMILES string of the molecule is Cc1oc2cc(O)ccc2c(=O)c1Oc1ccc(C(C)(C)c2ccccc2)cc1. The van der Waals surface area contributed by atoms with Gasteiger partial charge in [0.2, 0.25) is 11.2 Å². The number of benzene rings is 3. The molecule has 0 fully saturated rings. The maximum Gasteiger partial charge on any atom is 0.235 e. The maximum absolute atomic E-state index is 12.8. The molecular formula is C25H22O4. The number of hydrogen-bond acceptors (Lipinski definition) is 4. The van der Waals surface area contributed by atoms with Crippen LogP contribution in [0.1, 0.15) is 30.7 Å². The Kier molecular flexibility index (Phi) is 4.63. The largest absolute Gasteiger partial charge is 0.508 e. The van der Waals surface area contributed by atoms with Crippen LogP contribution in [-0.2, 0) is 5.41 Å². The van der Waals surface area contributed by atoms with E-state index >= 15 is 0 Å². The lowest BCUT2D eigenvalue weighted by Crippen LogP contribution is -2.18. The van der Waals surface area contributed by atoms with Gasteiger partial charge < -0.3 is 14.3 Å². The highest BCUT2D eigenvalue weighted by atomic mass is 16.5. The predicted molar refractivity (Wildman–Crippen MR) is 114 cm³/mol. The summed E-state index contributed by atoms with van der Waals surface area (Å²) in [6.45, 7) is 6.03. The monoisotopic (exact) mass is 386 g/mol. The molecule has 4 nitrogen and oxygen atoms in total. The molecule has 0 saturated heterocycles. The number of rotatable bonds is 4. The van der Waals surface area contributed by atoms with Gasteiger partial charge in [-0.3, -0.25) is 4.79 Å². The van der Waals surface area contributed by atoms with Crippen LogP contribution in [0.5, 0.6) is 17.2 Å². The predicted octanol–water partition coefficient (Wildman–Crippen LogP) is 5.93. The number of ether oxygens (including phenoxy) is 1. The van der Waals surface area contributed by atoms with Crippen molar-refractivity contribution in [2.24, 2.45) is 0 Å². The fourth-order valence-electron chi connectivity index (χ4n) is 3.47. The Morgan fingerprint density at radius 3 is 2.24 bits per heavy atom. The van der Waals surface area contributed by atoms with Crippen molar-refractivity contribution in [2.75, 3.05) is 0 Å². The van der Waals surface area contributed by atoms with Crippen LogP contribution in [0.2, 0.25) is 0 Å². The molecule has 0 bridgehead atoms. The van der Waals surface area contributed by atoms with Crippen molar-refractivity contribution in [3.05, 3.63) is 99.9 Å². The molecule has 0 aliphatic rings. The van der Waals surface area contributed by atoms with Gasteiger partial charge in [0.1, 0.15) is 22.8 Å². The fourth-order valence-corrected chi connectivity index (χ4v) is 3.47. The minimum absolute atomic E-state index is 0.0466. The van der Waals surface area contributed by atoms with Crippen molar-refractivity contribution in [2.45, 2.75) is 26.2 Å². The molecule has 1 N–H and O–H groups in total. The summed E-state index contributed by atoms with van der Waals surface area (Å²) in [5, 5.41) is 9.96. The third kappa shape index (κ3) is 3.49. The minimum Gasteiger partial charge on any atom is -0.508 e. The van der Waals surface area contributed by atoms with Crippen LogP contribution in [-0.4, -0.2) is 5.11 Å². The summed E-state index contributed by atoms with van der Waals surface area (Å²) < 4.78 is 11.6. The van der Waals surface area contributed by atoms with Crippen molar-refractivity contribution in [1.29, 1.82) is 0 Å². The summed E-state index contributed by atoms with van der Waals surface area (Å²) >= 11 is 0. The van der Waals surface area contributed by atoms with Crippen LogP contribution in [0.25, 0.3) is 11.0 Å². The lowest BCUT2D eigenvalue weighted by molar-refractivity contribution is 0.434. The van der Waals surface area contributed by atoms with Crippen LogP contribution >= 0.6 is 0 Å². The summed E-state index contributed by atoms with van der Waals surface area (Å²) in [4.78, 5) is 12.8. The normalized spacial score (nSPS) is 11.6.